The van der Waals surface area contributed by atoms with Crippen LogP contribution >= 0.6 is 22.9 Å². The van der Waals surface area contributed by atoms with Gasteiger partial charge in [0.15, 0.2) is 5.13 Å². The van der Waals surface area contributed by atoms with E-state index in [4.69, 9.17) is 11.6 Å². The number of thiazole rings is 1. The summed E-state index contributed by atoms with van der Waals surface area (Å²) in [4.78, 5) is 28.3. The molecule has 1 aromatic heterocycles. The highest BCUT2D eigenvalue weighted by atomic mass is 35.5. The van der Waals surface area contributed by atoms with Crippen LogP contribution in [0.15, 0.2) is 66.1 Å². The third-order valence-corrected chi connectivity index (χ3v) is 4.54. The van der Waals surface area contributed by atoms with Crippen molar-refractivity contribution < 1.29 is 9.59 Å². The molecule has 0 fully saturated rings. The Hall–Kier alpha value is -2.96. The number of hydrogen-bond donors (Lipinski definition) is 2. The monoisotopic (exact) mass is 397 g/mol. The summed E-state index contributed by atoms with van der Waals surface area (Å²) in [5.41, 5.74) is 2.19. The first-order valence-corrected chi connectivity index (χ1v) is 9.38. The number of nitrogens with one attached hydrogen (secondary N) is 2. The molecular formula is C20H16ClN3O2S. The first-order valence-electron chi connectivity index (χ1n) is 8.12. The van der Waals surface area contributed by atoms with E-state index in [-0.39, 0.29) is 18.2 Å². The van der Waals surface area contributed by atoms with Crippen molar-refractivity contribution >= 4 is 51.6 Å². The number of hydrogen-bond acceptors (Lipinski definition) is 4. The minimum atomic E-state index is -0.273. The number of nitrogens with zero attached hydrogens (tertiary/aromatic N) is 1. The van der Waals surface area contributed by atoms with Gasteiger partial charge in [0, 0.05) is 22.2 Å². The maximum atomic E-state index is 12.1. The Morgan fingerprint density at radius 2 is 1.78 bits per heavy atom. The van der Waals surface area contributed by atoms with Crippen LogP contribution in [0.1, 0.15) is 11.3 Å². The molecule has 0 radical (unpaired) electrons. The summed E-state index contributed by atoms with van der Waals surface area (Å²) in [6, 6.07) is 16.4. The number of carbonyl (C=O) groups excluding carboxylic acids is 2. The van der Waals surface area contributed by atoms with Crippen LogP contribution in [-0.4, -0.2) is 16.8 Å². The molecule has 2 amide bonds. The lowest BCUT2D eigenvalue weighted by atomic mass is 10.2. The molecule has 0 bridgehead atoms. The van der Waals surface area contributed by atoms with Gasteiger partial charge in [-0.25, -0.2) is 4.98 Å². The highest BCUT2D eigenvalue weighted by Crippen LogP contribution is 2.17. The van der Waals surface area contributed by atoms with Crippen molar-refractivity contribution in [1.29, 1.82) is 0 Å². The van der Waals surface area contributed by atoms with Gasteiger partial charge in [-0.1, -0.05) is 41.9 Å². The molecule has 3 rings (SSSR count). The molecule has 27 heavy (non-hydrogen) atoms. The van der Waals surface area contributed by atoms with E-state index in [2.05, 4.69) is 15.6 Å². The molecular weight excluding hydrogens is 382 g/mol. The first kappa shape index (κ1) is 18.8. The van der Waals surface area contributed by atoms with Crippen LogP contribution < -0.4 is 10.6 Å². The number of amides is 2. The largest absolute Gasteiger partial charge is 0.326 e. The van der Waals surface area contributed by atoms with E-state index in [1.54, 1.807) is 35.7 Å². The lowest BCUT2D eigenvalue weighted by molar-refractivity contribution is -0.115. The molecule has 2 aromatic carbocycles. The Bertz CT molecular complexity index is 953. The third kappa shape index (κ3) is 6.06. The molecule has 0 spiro atoms. The molecule has 136 valence electrons. The fraction of sp³-hybridized carbons (Fsp3) is 0.0500. The molecule has 2 N–H and O–H groups in total. The number of halogens is 1. The standard InChI is InChI=1S/C20H16ClN3O2S/c21-15-7-9-16(10-8-15)22-19(26)12-17-13-27-20(23-17)24-18(25)11-6-14-4-2-1-3-5-14/h1-11,13H,12H2,(H,22,26)(H,23,24,25)/b11-6+. The van der Waals surface area contributed by atoms with Crippen molar-refractivity contribution in [2.24, 2.45) is 0 Å². The summed E-state index contributed by atoms with van der Waals surface area (Å²) in [5, 5.41) is 8.28. The Morgan fingerprint density at radius 3 is 2.52 bits per heavy atom. The Labute approximate surface area is 165 Å². The summed E-state index contributed by atoms with van der Waals surface area (Å²) in [7, 11) is 0. The fourth-order valence-corrected chi connectivity index (χ4v) is 3.07. The van der Waals surface area contributed by atoms with E-state index in [9.17, 15) is 9.59 Å². The number of carbonyl (C=O) groups is 2. The van der Waals surface area contributed by atoms with E-state index < -0.39 is 0 Å². The summed E-state index contributed by atoms with van der Waals surface area (Å²) in [6.45, 7) is 0. The van der Waals surface area contributed by atoms with Gasteiger partial charge in [-0.2, -0.15) is 0 Å². The minimum absolute atomic E-state index is 0.120. The molecule has 0 aliphatic carbocycles. The second-order valence-electron chi connectivity index (χ2n) is 5.61. The van der Waals surface area contributed by atoms with E-state index in [1.165, 1.54) is 17.4 Å². The quantitative estimate of drug-likeness (QED) is 0.596. The molecule has 0 aliphatic heterocycles. The fourth-order valence-electron chi connectivity index (χ4n) is 2.23. The van der Waals surface area contributed by atoms with Crippen molar-refractivity contribution in [3.8, 4) is 0 Å². The molecule has 3 aromatic rings. The van der Waals surface area contributed by atoms with Gasteiger partial charge in [-0.3, -0.25) is 14.9 Å². The maximum absolute atomic E-state index is 12.1. The van der Waals surface area contributed by atoms with Crippen LogP contribution in [0.5, 0.6) is 0 Å². The molecule has 0 saturated carbocycles. The highest BCUT2D eigenvalue weighted by Gasteiger charge is 2.09. The summed E-state index contributed by atoms with van der Waals surface area (Å²) in [6.07, 6.45) is 3.29. The Balaban J connectivity index is 1.51. The van der Waals surface area contributed by atoms with Crippen molar-refractivity contribution in [1.82, 2.24) is 4.98 Å². The van der Waals surface area contributed by atoms with Gasteiger partial charge in [0.05, 0.1) is 12.1 Å². The van der Waals surface area contributed by atoms with Crippen LogP contribution in [0.4, 0.5) is 10.8 Å². The van der Waals surface area contributed by atoms with Gasteiger partial charge in [-0.15, -0.1) is 11.3 Å². The van der Waals surface area contributed by atoms with Crippen molar-refractivity contribution in [3.63, 3.8) is 0 Å². The number of benzene rings is 2. The SMILES string of the molecule is O=C(/C=C/c1ccccc1)Nc1nc(CC(=O)Nc2ccc(Cl)cc2)cs1. The van der Waals surface area contributed by atoms with Crippen molar-refractivity contribution in [3.05, 3.63) is 82.3 Å². The zero-order valence-electron chi connectivity index (χ0n) is 14.2. The van der Waals surface area contributed by atoms with Gasteiger partial charge in [0.2, 0.25) is 11.8 Å². The predicted molar refractivity (Wildman–Crippen MR) is 110 cm³/mol. The van der Waals surface area contributed by atoms with E-state index >= 15 is 0 Å². The Morgan fingerprint density at radius 1 is 1.04 bits per heavy atom. The second kappa shape index (κ2) is 9.12. The highest BCUT2D eigenvalue weighted by molar-refractivity contribution is 7.14. The molecule has 0 aliphatic rings. The first-order chi connectivity index (χ1) is 13.1. The van der Waals surface area contributed by atoms with Crippen LogP contribution in [0.25, 0.3) is 6.08 Å². The molecule has 0 unspecified atom stereocenters. The normalized spacial score (nSPS) is 10.7. The van der Waals surface area contributed by atoms with Crippen LogP contribution in [0.2, 0.25) is 5.02 Å². The van der Waals surface area contributed by atoms with Gasteiger partial charge in [0.1, 0.15) is 0 Å². The van der Waals surface area contributed by atoms with Crippen LogP contribution in [-0.2, 0) is 16.0 Å². The smallest absolute Gasteiger partial charge is 0.250 e. The van der Waals surface area contributed by atoms with Gasteiger partial charge in [-0.05, 0) is 35.9 Å². The van der Waals surface area contributed by atoms with Crippen molar-refractivity contribution in [2.45, 2.75) is 6.42 Å². The topological polar surface area (TPSA) is 71.1 Å². The van der Waals surface area contributed by atoms with E-state index in [0.717, 1.165) is 5.56 Å². The molecule has 0 atom stereocenters. The second-order valence-corrected chi connectivity index (χ2v) is 6.90. The van der Waals surface area contributed by atoms with Crippen LogP contribution in [0, 0.1) is 0 Å². The zero-order valence-corrected chi connectivity index (χ0v) is 15.8. The van der Waals surface area contributed by atoms with E-state index in [1.807, 2.05) is 30.3 Å². The summed E-state index contributed by atoms with van der Waals surface area (Å²) >= 11 is 7.09. The van der Waals surface area contributed by atoms with Gasteiger partial charge < -0.3 is 5.32 Å². The Kier molecular flexibility index (Phi) is 6.35. The van der Waals surface area contributed by atoms with E-state index in [0.29, 0.717) is 21.5 Å². The summed E-state index contributed by atoms with van der Waals surface area (Å²) < 4.78 is 0. The average molecular weight is 398 g/mol. The average Bonchev–Trinajstić information content (AvgIpc) is 3.09. The zero-order chi connectivity index (χ0) is 19.1. The molecule has 7 heteroatoms. The lowest BCUT2D eigenvalue weighted by Crippen LogP contribution is -2.14. The van der Waals surface area contributed by atoms with Gasteiger partial charge >= 0.3 is 0 Å². The lowest BCUT2D eigenvalue weighted by Gasteiger charge is -2.03. The number of aromatic nitrogens is 1. The minimum Gasteiger partial charge on any atom is -0.326 e. The number of rotatable bonds is 6. The van der Waals surface area contributed by atoms with Gasteiger partial charge in [0.25, 0.3) is 0 Å². The summed E-state index contributed by atoms with van der Waals surface area (Å²) in [5.74, 6) is -0.463. The number of anilines is 2. The molecule has 1 heterocycles. The van der Waals surface area contributed by atoms with Crippen LogP contribution in [0.3, 0.4) is 0 Å². The molecule has 0 saturated heterocycles. The maximum Gasteiger partial charge on any atom is 0.250 e. The predicted octanol–water partition coefficient (Wildman–Crippen LogP) is 4.63. The van der Waals surface area contributed by atoms with Crippen molar-refractivity contribution in [2.75, 3.05) is 10.6 Å². The third-order valence-electron chi connectivity index (χ3n) is 3.48. The molecule has 5 nitrogen and oxygen atoms in total.